The number of carbonyl (C=O) groups excluding carboxylic acids is 2. The summed E-state index contributed by atoms with van der Waals surface area (Å²) in [5.74, 6) is -2.77. The minimum absolute atomic E-state index is 0.373. The zero-order valence-electron chi connectivity index (χ0n) is 18.3. The van der Waals surface area contributed by atoms with Crippen LogP contribution in [0.1, 0.15) is 53.9 Å². The van der Waals surface area contributed by atoms with E-state index >= 15 is 0 Å². The van der Waals surface area contributed by atoms with Crippen molar-refractivity contribution in [3.8, 4) is 0 Å². The third kappa shape index (κ3) is 3.81. The summed E-state index contributed by atoms with van der Waals surface area (Å²) in [5, 5.41) is 10.8. The van der Waals surface area contributed by atoms with Gasteiger partial charge in [-0.15, -0.1) is 0 Å². The molecule has 4 fully saturated rings. The van der Waals surface area contributed by atoms with Gasteiger partial charge in [-0.3, -0.25) is 13.8 Å². The second-order valence-electron chi connectivity index (χ2n) is 10.5. The van der Waals surface area contributed by atoms with Crippen LogP contribution in [-0.2, 0) is 33.4 Å². The van der Waals surface area contributed by atoms with Gasteiger partial charge in [-0.25, -0.2) is 0 Å². The predicted octanol–water partition coefficient (Wildman–Crippen LogP) is 2.04. The van der Waals surface area contributed by atoms with E-state index in [1.165, 1.54) is 5.06 Å². The summed E-state index contributed by atoms with van der Waals surface area (Å²) in [5.41, 5.74) is -1.22. The molecule has 31 heavy (non-hydrogen) atoms. The minimum Gasteiger partial charge on any atom is -0.462 e. The maximum atomic E-state index is 13.3. The van der Waals surface area contributed by atoms with Crippen LogP contribution in [-0.4, -0.2) is 69.2 Å². The Morgan fingerprint density at radius 3 is 2.26 bits per heavy atom. The lowest BCUT2D eigenvalue weighted by Gasteiger charge is -2.51. The molecule has 7 unspecified atom stereocenters. The van der Waals surface area contributed by atoms with E-state index in [2.05, 4.69) is 0 Å². The molecule has 7 atom stereocenters. The number of hydroxylamine groups is 2. The van der Waals surface area contributed by atoms with Gasteiger partial charge in [0.15, 0.2) is 0 Å². The van der Waals surface area contributed by atoms with Crippen LogP contribution in [0.3, 0.4) is 0 Å². The van der Waals surface area contributed by atoms with Gasteiger partial charge in [0.2, 0.25) is 0 Å². The number of halogens is 1. The number of hydrogen-bond donors (Lipinski definition) is 1. The summed E-state index contributed by atoms with van der Waals surface area (Å²) >= 11 is 1.94. The molecule has 0 aromatic heterocycles. The molecule has 11 heteroatoms. The zero-order valence-corrected chi connectivity index (χ0v) is 21.3. The monoisotopic (exact) mass is 571 g/mol. The van der Waals surface area contributed by atoms with E-state index in [9.17, 15) is 23.2 Å². The van der Waals surface area contributed by atoms with Crippen molar-refractivity contribution in [3.05, 3.63) is 0 Å². The van der Waals surface area contributed by atoms with Gasteiger partial charge >= 0.3 is 11.9 Å². The van der Waals surface area contributed by atoms with Crippen molar-refractivity contribution in [2.75, 3.05) is 0 Å². The van der Waals surface area contributed by atoms with Gasteiger partial charge in [0.05, 0.1) is 5.92 Å². The fraction of sp³-hybridized carbons (Fsp3) is 0.900. The van der Waals surface area contributed by atoms with Crippen molar-refractivity contribution >= 4 is 44.6 Å². The zero-order chi connectivity index (χ0) is 23.1. The standard InChI is InChI=1S/C20H30INO8S/c1-9(21)17(23)29-14-11-6-12-15(14)30-31(26,27)16(12)13(11)18(24)28-10-7-19(2,3)22(25)20(4,5)8-10/h9-16,25H,6-8H2,1-5H3. The molecule has 4 rings (SSSR count). The van der Waals surface area contributed by atoms with Crippen LogP contribution in [0.15, 0.2) is 0 Å². The molecule has 2 heterocycles. The highest BCUT2D eigenvalue weighted by atomic mass is 127. The summed E-state index contributed by atoms with van der Waals surface area (Å²) in [6.45, 7) is 9.16. The van der Waals surface area contributed by atoms with Crippen LogP contribution in [0.2, 0.25) is 0 Å². The number of esters is 2. The Kier molecular flexibility index (Phi) is 5.73. The first kappa shape index (κ1) is 23.7. The van der Waals surface area contributed by atoms with Crippen LogP contribution >= 0.6 is 22.6 Å². The molecular weight excluding hydrogens is 541 g/mol. The molecule has 2 bridgehead atoms. The van der Waals surface area contributed by atoms with Gasteiger partial charge in [-0.05, 0) is 41.0 Å². The molecule has 0 aromatic carbocycles. The summed E-state index contributed by atoms with van der Waals surface area (Å²) in [6.07, 6.45) is -0.668. The fourth-order valence-electron chi connectivity index (χ4n) is 6.19. The van der Waals surface area contributed by atoms with Crippen molar-refractivity contribution in [2.24, 2.45) is 17.8 Å². The second-order valence-corrected chi connectivity index (χ2v) is 14.1. The number of rotatable bonds is 4. The SMILES string of the molecule is CC(I)C(=O)OC1C2CC3C1OS(=O)(=O)C3C2C(=O)OC1CC(C)(C)N(O)C(C)(C)C1. The highest BCUT2D eigenvalue weighted by molar-refractivity contribution is 14.1. The smallest absolute Gasteiger partial charge is 0.318 e. The summed E-state index contributed by atoms with van der Waals surface area (Å²) in [6, 6.07) is 0. The molecule has 0 aromatic rings. The number of carbonyl (C=O) groups is 2. The number of piperidine rings is 1. The third-order valence-electron chi connectivity index (χ3n) is 7.26. The lowest BCUT2D eigenvalue weighted by molar-refractivity contribution is -0.260. The van der Waals surface area contributed by atoms with Crippen molar-refractivity contribution in [2.45, 2.75) is 92.4 Å². The van der Waals surface area contributed by atoms with Crippen LogP contribution in [0.5, 0.6) is 0 Å². The van der Waals surface area contributed by atoms with Crippen molar-refractivity contribution in [1.29, 1.82) is 0 Å². The average molecular weight is 571 g/mol. The van der Waals surface area contributed by atoms with E-state index in [0.29, 0.717) is 19.3 Å². The number of ether oxygens (including phenoxy) is 2. The predicted molar refractivity (Wildman–Crippen MR) is 117 cm³/mol. The van der Waals surface area contributed by atoms with Gasteiger partial charge in [-0.1, -0.05) is 22.6 Å². The molecule has 9 nitrogen and oxygen atoms in total. The molecule has 0 amide bonds. The van der Waals surface area contributed by atoms with Crippen molar-refractivity contribution in [3.63, 3.8) is 0 Å². The van der Waals surface area contributed by atoms with Crippen LogP contribution in [0, 0.1) is 17.8 Å². The summed E-state index contributed by atoms with van der Waals surface area (Å²) < 4.78 is 41.7. The first-order chi connectivity index (χ1) is 14.2. The van der Waals surface area contributed by atoms with Gasteiger partial charge in [0, 0.05) is 35.8 Å². The van der Waals surface area contributed by atoms with Crippen molar-refractivity contribution < 1.29 is 36.9 Å². The largest absolute Gasteiger partial charge is 0.462 e. The topological polar surface area (TPSA) is 119 Å². The number of hydrogen-bond acceptors (Lipinski definition) is 9. The molecule has 4 aliphatic rings. The minimum atomic E-state index is -3.95. The van der Waals surface area contributed by atoms with E-state index in [4.69, 9.17) is 13.7 Å². The van der Waals surface area contributed by atoms with Crippen LogP contribution in [0.4, 0.5) is 0 Å². The molecule has 0 spiro atoms. The first-order valence-corrected chi connectivity index (χ1v) is 13.3. The Balaban J connectivity index is 1.56. The fourth-order valence-corrected chi connectivity index (χ4v) is 8.39. The number of alkyl halides is 1. The van der Waals surface area contributed by atoms with Crippen LogP contribution in [0.25, 0.3) is 0 Å². The highest BCUT2D eigenvalue weighted by Crippen LogP contribution is 2.59. The third-order valence-corrected chi connectivity index (χ3v) is 9.57. The lowest BCUT2D eigenvalue weighted by atomic mass is 9.80. The van der Waals surface area contributed by atoms with Gasteiger partial charge in [0.25, 0.3) is 10.1 Å². The van der Waals surface area contributed by atoms with E-state index in [0.717, 1.165) is 0 Å². The number of nitrogens with zero attached hydrogens (tertiary/aromatic N) is 1. The van der Waals surface area contributed by atoms with E-state index in [1.807, 2.05) is 50.3 Å². The summed E-state index contributed by atoms with van der Waals surface area (Å²) in [4.78, 5) is 25.5. The van der Waals surface area contributed by atoms with Gasteiger partial charge in [-0.2, -0.15) is 13.5 Å². The van der Waals surface area contributed by atoms with E-state index < -0.39 is 72.5 Å². The van der Waals surface area contributed by atoms with Gasteiger partial charge < -0.3 is 14.7 Å². The second kappa shape index (κ2) is 7.51. The summed E-state index contributed by atoms with van der Waals surface area (Å²) in [7, 11) is -3.95. The molecule has 2 aliphatic carbocycles. The Hall–Kier alpha value is -0.500. The quantitative estimate of drug-likeness (QED) is 0.234. The lowest BCUT2D eigenvalue weighted by Crippen LogP contribution is -2.61. The Labute approximate surface area is 196 Å². The first-order valence-electron chi connectivity index (χ1n) is 10.6. The molecule has 2 saturated carbocycles. The highest BCUT2D eigenvalue weighted by Gasteiger charge is 2.72. The molecular formula is C20H30INO8S. The molecule has 176 valence electrons. The Morgan fingerprint density at radius 2 is 1.71 bits per heavy atom. The maximum absolute atomic E-state index is 13.3. The molecule has 0 radical (unpaired) electrons. The Morgan fingerprint density at radius 1 is 1.13 bits per heavy atom. The van der Waals surface area contributed by atoms with Crippen LogP contribution < -0.4 is 0 Å². The van der Waals surface area contributed by atoms with Gasteiger partial charge in [0.1, 0.15) is 27.5 Å². The molecule has 2 saturated heterocycles. The average Bonchev–Trinajstić information content (AvgIpc) is 3.21. The molecule has 2 aliphatic heterocycles. The van der Waals surface area contributed by atoms with Crippen molar-refractivity contribution in [1.82, 2.24) is 5.06 Å². The Bertz CT molecular complexity index is 870. The normalized spacial score (nSPS) is 41.1. The maximum Gasteiger partial charge on any atom is 0.318 e. The van der Waals surface area contributed by atoms with E-state index in [1.54, 1.807) is 6.92 Å². The molecule has 1 N–H and O–H groups in total. The number of fused-ring (bicyclic) bond motifs is 1. The van der Waals surface area contributed by atoms with E-state index in [-0.39, 0.29) is 5.92 Å².